The molecule has 5 unspecified atom stereocenters. The van der Waals surface area contributed by atoms with E-state index in [4.69, 9.17) is 9.15 Å². The van der Waals surface area contributed by atoms with Gasteiger partial charge in [0.15, 0.2) is 11.4 Å². The lowest BCUT2D eigenvalue weighted by Crippen LogP contribution is -2.54. The summed E-state index contributed by atoms with van der Waals surface area (Å²) >= 11 is 1.13. The summed E-state index contributed by atoms with van der Waals surface area (Å²) in [5, 5.41) is 13.2. The molecular weight excluding hydrogens is 574 g/mol. The van der Waals surface area contributed by atoms with Gasteiger partial charge in [-0.1, -0.05) is 55.4 Å². The maximum atomic E-state index is 14.0. The predicted molar refractivity (Wildman–Crippen MR) is 170 cm³/mol. The van der Waals surface area contributed by atoms with Gasteiger partial charge in [-0.15, -0.1) is 0 Å². The number of aliphatic hydroxyl groups excluding tert-OH is 1. The number of aliphatic hydroxyl groups is 1. The number of pyridine rings is 1. The molecule has 2 aromatic heterocycles. The molecule has 1 N–H and O–H groups in total. The molecule has 2 saturated carbocycles. The highest BCUT2D eigenvalue weighted by Crippen LogP contribution is 2.60. The SMILES string of the molecule is CC1C[C@H](O)C2C(CCC3=CC(=O)CCC32C)C1CC[C@](C)(OC(=O)c1ccco1)C(=O)SCc1nccc2ccccc12. The van der Waals surface area contributed by atoms with Gasteiger partial charge >= 0.3 is 5.97 Å². The van der Waals surface area contributed by atoms with Crippen molar-refractivity contribution in [1.29, 1.82) is 0 Å². The number of benzene rings is 1. The van der Waals surface area contributed by atoms with Gasteiger partial charge in [-0.05, 0) is 104 Å². The first-order valence-electron chi connectivity index (χ1n) is 15.8. The fourth-order valence-electron chi connectivity index (χ4n) is 8.37. The standard InChI is InChI=1S/C36H41NO6S/c1-22-19-30(39)32-28(11-10-24-20-25(38)12-15-35(24,32)2)26(22)13-16-36(3,43-33(40)31-9-6-18-42-31)34(41)44-21-29-27-8-5-4-7-23(27)14-17-37-29/h4-9,14,17-18,20,22,26,28,30,32,39H,10-13,15-16,19,21H2,1-3H3/t22?,26?,28?,30-,32?,35?,36-/m0/s1. The number of allylic oxidation sites excluding steroid dienone is 2. The Labute approximate surface area is 262 Å². The van der Waals surface area contributed by atoms with Crippen molar-refractivity contribution in [3.05, 3.63) is 78.0 Å². The summed E-state index contributed by atoms with van der Waals surface area (Å²) in [5.41, 5.74) is 0.420. The molecule has 0 amide bonds. The van der Waals surface area contributed by atoms with E-state index in [0.29, 0.717) is 31.4 Å². The van der Waals surface area contributed by atoms with Gasteiger partial charge < -0.3 is 14.3 Å². The summed E-state index contributed by atoms with van der Waals surface area (Å²) in [6, 6.07) is 13.1. The summed E-state index contributed by atoms with van der Waals surface area (Å²) in [7, 11) is 0. The minimum atomic E-state index is -1.38. The second-order valence-electron chi connectivity index (χ2n) is 13.4. The van der Waals surface area contributed by atoms with Crippen molar-refractivity contribution in [3.63, 3.8) is 0 Å². The number of rotatable bonds is 8. The van der Waals surface area contributed by atoms with Gasteiger partial charge in [-0.2, -0.15) is 0 Å². The van der Waals surface area contributed by atoms with E-state index < -0.39 is 17.7 Å². The van der Waals surface area contributed by atoms with Crippen LogP contribution in [0.15, 0.2) is 71.0 Å². The Hall–Kier alpha value is -3.23. The fourth-order valence-corrected chi connectivity index (χ4v) is 9.32. The number of hydrogen-bond acceptors (Lipinski definition) is 8. The molecule has 2 fully saturated rings. The van der Waals surface area contributed by atoms with E-state index in [1.165, 1.54) is 11.8 Å². The maximum absolute atomic E-state index is 14.0. The molecular formula is C36H41NO6S. The van der Waals surface area contributed by atoms with Crippen LogP contribution in [0.5, 0.6) is 0 Å². The van der Waals surface area contributed by atoms with E-state index in [-0.39, 0.29) is 45.7 Å². The molecule has 0 spiro atoms. The zero-order valence-electron chi connectivity index (χ0n) is 25.7. The highest BCUT2D eigenvalue weighted by molar-refractivity contribution is 8.13. The molecule has 0 radical (unpaired) electrons. The molecule has 0 aliphatic heterocycles. The summed E-state index contributed by atoms with van der Waals surface area (Å²) in [5.74, 6) is 0.772. The van der Waals surface area contributed by atoms with Gasteiger partial charge in [0.25, 0.3) is 0 Å². The van der Waals surface area contributed by atoms with Gasteiger partial charge in [-0.25, -0.2) is 4.79 Å². The monoisotopic (exact) mass is 615 g/mol. The molecule has 7 nitrogen and oxygen atoms in total. The van der Waals surface area contributed by atoms with Crippen LogP contribution in [-0.2, 0) is 20.1 Å². The first-order valence-corrected chi connectivity index (χ1v) is 16.8. The first kappa shape index (κ1) is 30.8. The van der Waals surface area contributed by atoms with E-state index in [2.05, 4.69) is 18.8 Å². The molecule has 2 heterocycles. The van der Waals surface area contributed by atoms with E-state index in [0.717, 1.165) is 47.5 Å². The molecule has 1 aromatic carbocycles. The summed E-state index contributed by atoms with van der Waals surface area (Å²) < 4.78 is 11.3. The van der Waals surface area contributed by atoms with Crippen LogP contribution < -0.4 is 0 Å². The Kier molecular flexibility index (Phi) is 8.59. The van der Waals surface area contributed by atoms with Gasteiger partial charge in [-0.3, -0.25) is 14.6 Å². The topological polar surface area (TPSA) is 107 Å². The quantitative estimate of drug-likeness (QED) is 0.263. The maximum Gasteiger partial charge on any atom is 0.375 e. The minimum Gasteiger partial charge on any atom is -0.457 e. The van der Waals surface area contributed by atoms with Crippen LogP contribution in [-0.4, -0.2) is 38.7 Å². The average Bonchev–Trinajstić information content (AvgIpc) is 3.55. The Morgan fingerprint density at radius 1 is 1.18 bits per heavy atom. The van der Waals surface area contributed by atoms with Crippen LogP contribution in [0.25, 0.3) is 10.8 Å². The number of carbonyl (C=O) groups is 3. The molecule has 3 aliphatic carbocycles. The highest BCUT2D eigenvalue weighted by Gasteiger charge is 2.55. The van der Waals surface area contributed by atoms with Crippen molar-refractivity contribution in [2.24, 2.45) is 29.1 Å². The first-order chi connectivity index (χ1) is 21.1. The zero-order chi connectivity index (χ0) is 31.1. The van der Waals surface area contributed by atoms with Crippen LogP contribution in [0.3, 0.4) is 0 Å². The Morgan fingerprint density at radius 3 is 2.80 bits per heavy atom. The van der Waals surface area contributed by atoms with Crippen molar-refractivity contribution >= 4 is 39.4 Å². The van der Waals surface area contributed by atoms with Crippen molar-refractivity contribution < 1.29 is 28.6 Å². The van der Waals surface area contributed by atoms with Crippen molar-refractivity contribution in [3.8, 4) is 0 Å². The van der Waals surface area contributed by atoms with Crippen LogP contribution in [0.4, 0.5) is 0 Å². The summed E-state index contributed by atoms with van der Waals surface area (Å²) in [4.78, 5) is 43.9. The predicted octanol–water partition coefficient (Wildman–Crippen LogP) is 7.32. The number of ether oxygens (including phenoxy) is 1. The van der Waals surface area contributed by atoms with Gasteiger partial charge in [0.05, 0.1) is 18.1 Å². The lowest BCUT2D eigenvalue weighted by molar-refractivity contribution is -0.131. The number of nitrogens with zero attached hydrogens (tertiary/aromatic N) is 1. The molecule has 232 valence electrons. The number of ketones is 1. The molecule has 6 rings (SSSR count). The van der Waals surface area contributed by atoms with Crippen molar-refractivity contribution in [2.75, 3.05) is 0 Å². The second-order valence-corrected chi connectivity index (χ2v) is 14.4. The normalized spacial score (nSPS) is 29.7. The Morgan fingerprint density at radius 2 is 2.00 bits per heavy atom. The smallest absolute Gasteiger partial charge is 0.375 e. The molecule has 8 heteroatoms. The van der Waals surface area contributed by atoms with Gasteiger partial charge in [0.1, 0.15) is 0 Å². The minimum absolute atomic E-state index is 0.0605. The highest BCUT2D eigenvalue weighted by atomic mass is 32.2. The van der Waals surface area contributed by atoms with E-state index in [1.807, 2.05) is 36.4 Å². The molecule has 44 heavy (non-hydrogen) atoms. The number of carbonyl (C=O) groups excluding carboxylic acids is 3. The lowest BCUT2D eigenvalue weighted by Gasteiger charge is -2.57. The summed E-state index contributed by atoms with van der Waals surface area (Å²) in [6.45, 7) is 6.14. The number of thioether (sulfide) groups is 1. The van der Waals surface area contributed by atoms with E-state index in [1.54, 1.807) is 25.3 Å². The van der Waals surface area contributed by atoms with E-state index in [9.17, 15) is 19.5 Å². The number of aromatic nitrogens is 1. The lowest BCUT2D eigenvalue weighted by atomic mass is 9.48. The fraction of sp³-hybridized carbons (Fsp3) is 0.500. The largest absolute Gasteiger partial charge is 0.457 e. The Bertz CT molecular complexity index is 1580. The second kappa shape index (κ2) is 12.3. The van der Waals surface area contributed by atoms with Gasteiger partial charge in [0.2, 0.25) is 10.9 Å². The molecule has 0 saturated heterocycles. The summed E-state index contributed by atoms with van der Waals surface area (Å²) in [6.07, 6.45) is 9.36. The average molecular weight is 616 g/mol. The molecule has 7 atom stereocenters. The van der Waals surface area contributed by atoms with Crippen LogP contribution in [0.2, 0.25) is 0 Å². The van der Waals surface area contributed by atoms with Crippen molar-refractivity contribution in [2.45, 2.75) is 83.2 Å². The zero-order valence-corrected chi connectivity index (χ0v) is 26.5. The van der Waals surface area contributed by atoms with Gasteiger partial charge in [0, 0.05) is 23.8 Å². The van der Waals surface area contributed by atoms with E-state index >= 15 is 0 Å². The van der Waals surface area contributed by atoms with Crippen LogP contribution in [0.1, 0.15) is 82.0 Å². The number of hydrogen-bond donors (Lipinski definition) is 1. The third kappa shape index (κ3) is 5.79. The number of fused-ring (bicyclic) bond motifs is 4. The molecule has 0 bridgehead atoms. The third-order valence-electron chi connectivity index (χ3n) is 10.7. The van der Waals surface area contributed by atoms with Crippen LogP contribution in [0, 0.1) is 29.1 Å². The van der Waals surface area contributed by atoms with Crippen molar-refractivity contribution in [1.82, 2.24) is 4.98 Å². The third-order valence-corrected chi connectivity index (χ3v) is 11.8. The Balaban J connectivity index is 1.23. The molecule has 3 aromatic rings. The molecule has 3 aliphatic rings. The van der Waals surface area contributed by atoms with Crippen LogP contribution >= 0.6 is 11.8 Å². The number of esters is 1. The number of furan rings is 1.